The summed E-state index contributed by atoms with van der Waals surface area (Å²) in [4.78, 5) is 0. The van der Waals surface area contributed by atoms with Gasteiger partial charge in [-0.05, 0) is 48.1 Å². The lowest BCUT2D eigenvalue weighted by atomic mass is 10.0. The van der Waals surface area contributed by atoms with Gasteiger partial charge in [-0.25, -0.2) is 13.2 Å². The Hall–Kier alpha value is -3.31. The highest BCUT2D eigenvalue weighted by Gasteiger charge is 2.17. The van der Waals surface area contributed by atoms with Gasteiger partial charge in [0.2, 0.25) is 0 Å². The summed E-state index contributed by atoms with van der Waals surface area (Å²) in [5, 5.41) is 9.98. The molecule has 0 aliphatic rings. The van der Waals surface area contributed by atoms with Crippen molar-refractivity contribution in [2.75, 3.05) is 6.61 Å². The minimum atomic E-state index is -1.02. The van der Waals surface area contributed by atoms with Crippen molar-refractivity contribution in [3.05, 3.63) is 101 Å². The number of hydrogen-bond donors (Lipinski definition) is 1. The van der Waals surface area contributed by atoms with Gasteiger partial charge >= 0.3 is 0 Å². The van der Waals surface area contributed by atoms with Crippen LogP contribution < -0.4 is 4.74 Å². The van der Waals surface area contributed by atoms with E-state index in [9.17, 15) is 18.3 Å². The van der Waals surface area contributed by atoms with Gasteiger partial charge in [-0.3, -0.25) is 0 Å². The number of aliphatic hydroxyl groups excluding tert-OH is 1. The summed E-state index contributed by atoms with van der Waals surface area (Å²) in [6.45, 7) is 5.94. The quantitative estimate of drug-likeness (QED) is 0.176. The van der Waals surface area contributed by atoms with Crippen LogP contribution >= 0.6 is 0 Å². The minimum Gasteiger partial charge on any atom is -0.491 e. The molecule has 3 aromatic carbocycles. The largest absolute Gasteiger partial charge is 0.491 e. The summed E-state index contributed by atoms with van der Waals surface area (Å²) in [6.07, 6.45) is 6.57. The molecular weight excluding hydrogens is 437 g/mol. The van der Waals surface area contributed by atoms with Crippen LogP contribution in [0.1, 0.15) is 55.4 Å². The Bertz CT molecular complexity index is 1140. The Labute approximate surface area is 199 Å². The third-order valence-corrected chi connectivity index (χ3v) is 5.50. The molecule has 0 saturated carbocycles. The Morgan fingerprint density at radius 3 is 2.35 bits per heavy atom. The Morgan fingerprint density at radius 1 is 0.941 bits per heavy atom. The number of hydrogen-bond acceptors (Lipinski definition) is 2. The summed E-state index contributed by atoms with van der Waals surface area (Å²) in [7, 11) is 0. The molecule has 0 heterocycles. The third-order valence-electron chi connectivity index (χ3n) is 5.50. The topological polar surface area (TPSA) is 29.5 Å². The molecule has 1 unspecified atom stereocenters. The van der Waals surface area contributed by atoms with Crippen LogP contribution in [0.5, 0.6) is 5.75 Å². The molecule has 1 atom stereocenters. The van der Waals surface area contributed by atoms with Gasteiger partial charge in [0.15, 0.2) is 23.2 Å². The van der Waals surface area contributed by atoms with Crippen molar-refractivity contribution in [2.24, 2.45) is 0 Å². The van der Waals surface area contributed by atoms with Crippen molar-refractivity contribution in [3.8, 4) is 16.9 Å². The van der Waals surface area contributed by atoms with E-state index in [0.717, 1.165) is 24.0 Å². The third kappa shape index (κ3) is 6.39. The summed E-state index contributed by atoms with van der Waals surface area (Å²) in [5.74, 6) is -2.21. The van der Waals surface area contributed by atoms with Crippen molar-refractivity contribution in [2.45, 2.75) is 38.7 Å². The van der Waals surface area contributed by atoms with Crippen LogP contribution in [0.3, 0.4) is 0 Å². The number of ether oxygens (including phenoxy) is 1. The Kier molecular flexibility index (Phi) is 9.11. The number of halogens is 3. The monoisotopic (exact) mass is 466 g/mol. The second-order valence-electron chi connectivity index (χ2n) is 8.06. The molecule has 3 aromatic rings. The van der Waals surface area contributed by atoms with Gasteiger partial charge in [0.05, 0.1) is 12.7 Å². The van der Waals surface area contributed by atoms with Gasteiger partial charge in [-0.1, -0.05) is 74.0 Å². The average molecular weight is 467 g/mol. The molecule has 178 valence electrons. The van der Waals surface area contributed by atoms with Crippen LogP contribution in [-0.4, -0.2) is 11.7 Å². The smallest absolute Gasteiger partial charge is 0.166 e. The molecule has 0 amide bonds. The molecular formula is C29H29F3O2. The van der Waals surface area contributed by atoms with Gasteiger partial charge in [0.25, 0.3) is 0 Å². The summed E-state index contributed by atoms with van der Waals surface area (Å²) < 4.78 is 48.7. The van der Waals surface area contributed by atoms with E-state index >= 15 is 0 Å². The fourth-order valence-corrected chi connectivity index (χ4v) is 3.57. The SMILES string of the molecule is C=CCCCOc1ccc(-c2ccc(/C=C/c3ccc(C(O)CCC)c(F)c3F)cc2)cc1F. The van der Waals surface area contributed by atoms with Gasteiger partial charge < -0.3 is 9.84 Å². The van der Waals surface area contributed by atoms with Gasteiger partial charge in [-0.15, -0.1) is 6.58 Å². The van der Waals surface area contributed by atoms with Crippen molar-refractivity contribution in [1.82, 2.24) is 0 Å². The van der Waals surface area contributed by atoms with Crippen LogP contribution in [0.15, 0.2) is 67.3 Å². The predicted octanol–water partition coefficient (Wildman–Crippen LogP) is 8.12. The highest BCUT2D eigenvalue weighted by molar-refractivity contribution is 5.72. The lowest BCUT2D eigenvalue weighted by Crippen LogP contribution is -2.03. The number of benzene rings is 3. The zero-order valence-electron chi connectivity index (χ0n) is 19.2. The van der Waals surface area contributed by atoms with Gasteiger partial charge in [0, 0.05) is 11.1 Å². The van der Waals surface area contributed by atoms with E-state index in [0.29, 0.717) is 25.0 Å². The van der Waals surface area contributed by atoms with E-state index in [1.165, 1.54) is 24.3 Å². The molecule has 0 aliphatic carbocycles. The van der Waals surface area contributed by atoms with E-state index in [4.69, 9.17) is 4.74 Å². The summed E-state index contributed by atoms with van der Waals surface area (Å²) in [5.41, 5.74) is 2.38. The maximum atomic E-state index is 14.4. The van der Waals surface area contributed by atoms with E-state index in [2.05, 4.69) is 6.58 Å². The first kappa shape index (κ1) is 25.3. The standard InChI is InChI=1S/C29H29F3O2/c1-3-5-6-18-34-27-17-15-23(19-25(27)30)21-11-8-20(9-12-21)10-13-22-14-16-24(26(33)7-4-2)29(32)28(22)31/h3,8-17,19,26,33H,1,4-7,18H2,2H3/b13-10+. The fraction of sp³-hybridized carbons (Fsp3) is 0.241. The minimum absolute atomic E-state index is 0.0266. The molecule has 5 heteroatoms. The maximum absolute atomic E-state index is 14.4. The van der Waals surface area contributed by atoms with Crippen LogP contribution in [0.4, 0.5) is 13.2 Å². The van der Waals surface area contributed by atoms with Gasteiger partial charge in [0.1, 0.15) is 0 Å². The maximum Gasteiger partial charge on any atom is 0.166 e. The van der Waals surface area contributed by atoms with E-state index in [1.54, 1.807) is 24.3 Å². The zero-order valence-corrected chi connectivity index (χ0v) is 19.2. The Balaban J connectivity index is 1.70. The molecule has 34 heavy (non-hydrogen) atoms. The molecule has 0 aromatic heterocycles. The molecule has 0 aliphatic heterocycles. The molecule has 1 N–H and O–H groups in total. The van der Waals surface area contributed by atoms with Crippen LogP contribution in [0, 0.1) is 17.5 Å². The Morgan fingerprint density at radius 2 is 1.68 bits per heavy atom. The molecule has 0 spiro atoms. The lowest BCUT2D eigenvalue weighted by Gasteiger charge is -2.12. The molecule has 3 rings (SSSR count). The number of aliphatic hydroxyl groups is 1. The highest BCUT2D eigenvalue weighted by Crippen LogP contribution is 2.28. The summed E-state index contributed by atoms with van der Waals surface area (Å²) in [6, 6.07) is 15.0. The zero-order chi connectivity index (χ0) is 24.5. The molecule has 0 saturated heterocycles. The number of unbranched alkanes of at least 4 members (excludes halogenated alkanes) is 1. The van der Waals surface area contributed by atoms with Crippen LogP contribution in [0.2, 0.25) is 0 Å². The van der Waals surface area contributed by atoms with E-state index < -0.39 is 23.6 Å². The first-order valence-corrected chi connectivity index (χ1v) is 11.4. The van der Waals surface area contributed by atoms with E-state index in [-0.39, 0.29) is 16.9 Å². The summed E-state index contributed by atoms with van der Waals surface area (Å²) >= 11 is 0. The first-order valence-electron chi connectivity index (χ1n) is 11.4. The van der Waals surface area contributed by atoms with Crippen molar-refractivity contribution in [3.63, 3.8) is 0 Å². The first-order chi connectivity index (χ1) is 16.4. The lowest BCUT2D eigenvalue weighted by molar-refractivity contribution is 0.160. The highest BCUT2D eigenvalue weighted by atomic mass is 19.2. The number of allylic oxidation sites excluding steroid dienone is 1. The molecule has 0 radical (unpaired) electrons. The van der Waals surface area contributed by atoms with Crippen molar-refractivity contribution in [1.29, 1.82) is 0 Å². The molecule has 2 nitrogen and oxygen atoms in total. The van der Waals surface area contributed by atoms with Crippen molar-refractivity contribution < 1.29 is 23.0 Å². The van der Waals surface area contributed by atoms with Crippen molar-refractivity contribution >= 4 is 12.2 Å². The van der Waals surface area contributed by atoms with Crippen LogP contribution in [-0.2, 0) is 0 Å². The number of rotatable bonds is 11. The second kappa shape index (κ2) is 12.2. The molecule has 0 fully saturated rings. The normalized spacial score (nSPS) is 12.1. The van der Waals surface area contributed by atoms with Crippen LogP contribution in [0.25, 0.3) is 23.3 Å². The molecule has 0 bridgehead atoms. The second-order valence-corrected chi connectivity index (χ2v) is 8.06. The fourth-order valence-electron chi connectivity index (χ4n) is 3.57. The van der Waals surface area contributed by atoms with E-state index in [1.807, 2.05) is 31.2 Å². The average Bonchev–Trinajstić information content (AvgIpc) is 2.84. The van der Waals surface area contributed by atoms with Gasteiger partial charge in [-0.2, -0.15) is 0 Å². The predicted molar refractivity (Wildman–Crippen MR) is 132 cm³/mol.